The molecular weight excluding hydrogens is 242 g/mol. The summed E-state index contributed by atoms with van der Waals surface area (Å²) in [5, 5.41) is 0. The lowest BCUT2D eigenvalue weighted by molar-refractivity contribution is -0.147. The first kappa shape index (κ1) is 15.2. The van der Waals surface area contributed by atoms with Crippen LogP contribution in [0.2, 0.25) is 0 Å². The highest BCUT2D eigenvalue weighted by atomic mass is 16.2. The zero-order valence-electron chi connectivity index (χ0n) is 11.2. The van der Waals surface area contributed by atoms with E-state index >= 15 is 0 Å². The molecule has 1 fully saturated rings. The summed E-state index contributed by atoms with van der Waals surface area (Å²) in [5.41, 5.74) is 6.19. The standard InChI is InChI=1S/C14H18N2O2.H3N/c1-10-6-5-9-16(14(18)13(15)17)12(10)11-7-3-2-4-8-11;/h2-4,7-8,10,12H,5-6,9H2,1H3,(H2,15,17);1H3. The molecule has 0 aliphatic carbocycles. The van der Waals surface area contributed by atoms with E-state index in [2.05, 4.69) is 6.92 Å². The highest BCUT2D eigenvalue weighted by molar-refractivity contribution is 6.34. The van der Waals surface area contributed by atoms with Crippen LogP contribution in [0.15, 0.2) is 30.3 Å². The molecule has 2 rings (SSSR count). The quantitative estimate of drug-likeness (QED) is 0.753. The van der Waals surface area contributed by atoms with Crippen molar-refractivity contribution >= 4 is 11.8 Å². The minimum atomic E-state index is -0.870. The van der Waals surface area contributed by atoms with Crippen LogP contribution >= 0.6 is 0 Å². The molecule has 2 amide bonds. The SMILES string of the molecule is CC1CCCN(C(=O)C(N)=O)C1c1ccccc1.N. The van der Waals surface area contributed by atoms with Crippen molar-refractivity contribution in [2.24, 2.45) is 11.7 Å². The van der Waals surface area contributed by atoms with Gasteiger partial charge < -0.3 is 16.8 Å². The number of benzene rings is 1. The maximum absolute atomic E-state index is 11.9. The van der Waals surface area contributed by atoms with E-state index in [1.54, 1.807) is 4.90 Å². The smallest absolute Gasteiger partial charge is 0.312 e. The molecule has 0 spiro atoms. The summed E-state index contributed by atoms with van der Waals surface area (Å²) in [6.07, 6.45) is 1.98. The van der Waals surface area contributed by atoms with Crippen molar-refractivity contribution in [3.63, 3.8) is 0 Å². The molecule has 5 heteroatoms. The monoisotopic (exact) mass is 263 g/mol. The molecule has 5 N–H and O–H groups in total. The van der Waals surface area contributed by atoms with Gasteiger partial charge in [-0.25, -0.2) is 0 Å². The third-order valence-corrected chi connectivity index (χ3v) is 3.55. The molecule has 1 aromatic rings. The summed E-state index contributed by atoms with van der Waals surface area (Å²) < 4.78 is 0. The molecule has 0 radical (unpaired) electrons. The zero-order valence-corrected chi connectivity index (χ0v) is 11.2. The fraction of sp³-hybridized carbons (Fsp3) is 0.429. The average molecular weight is 263 g/mol. The lowest BCUT2D eigenvalue weighted by atomic mass is 9.86. The van der Waals surface area contributed by atoms with Crippen molar-refractivity contribution in [2.45, 2.75) is 25.8 Å². The second-order valence-electron chi connectivity index (χ2n) is 4.84. The van der Waals surface area contributed by atoms with Crippen molar-refractivity contribution in [3.8, 4) is 0 Å². The molecule has 1 aliphatic heterocycles. The number of rotatable bonds is 1. The first-order valence-electron chi connectivity index (χ1n) is 6.26. The van der Waals surface area contributed by atoms with E-state index in [9.17, 15) is 9.59 Å². The van der Waals surface area contributed by atoms with Crippen LogP contribution in [-0.4, -0.2) is 23.3 Å². The van der Waals surface area contributed by atoms with Gasteiger partial charge in [-0.15, -0.1) is 0 Å². The first-order valence-corrected chi connectivity index (χ1v) is 6.26. The van der Waals surface area contributed by atoms with Crippen molar-refractivity contribution in [1.29, 1.82) is 0 Å². The Morgan fingerprint density at radius 1 is 1.26 bits per heavy atom. The Kier molecular flexibility index (Phi) is 5.06. The zero-order chi connectivity index (χ0) is 13.1. The topological polar surface area (TPSA) is 98.4 Å². The van der Waals surface area contributed by atoms with Crippen LogP contribution in [0.25, 0.3) is 0 Å². The molecule has 2 atom stereocenters. The molecule has 0 bridgehead atoms. The lowest BCUT2D eigenvalue weighted by Gasteiger charge is -2.39. The summed E-state index contributed by atoms with van der Waals surface area (Å²) in [6.45, 7) is 2.71. The molecule has 1 heterocycles. The molecule has 1 saturated heterocycles. The molecule has 0 saturated carbocycles. The Balaban J connectivity index is 0.00000180. The fourth-order valence-electron chi connectivity index (χ4n) is 2.72. The third kappa shape index (κ3) is 3.12. The Morgan fingerprint density at radius 3 is 2.47 bits per heavy atom. The van der Waals surface area contributed by atoms with E-state index in [4.69, 9.17) is 5.73 Å². The van der Waals surface area contributed by atoms with Crippen LogP contribution in [0.4, 0.5) is 0 Å². The van der Waals surface area contributed by atoms with Gasteiger partial charge in [0.15, 0.2) is 0 Å². The molecule has 1 aromatic carbocycles. The maximum Gasteiger partial charge on any atom is 0.312 e. The Hall–Kier alpha value is -1.88. The number of nitrogens with two attached hydrogens (primary N) is 1. The van der Waals surface area contributed by atoms with Crippen LogP contribution < -0.4 is 11.9 Å². The molecule has 1 aliphatic rings. The molecule has 19 heavy (non-hydrogen) atoms. The van der Waals surface area contributed by atoms with Gasteiger partial charge in [0.25, 0.3) is 0 Å². The predicted octanol–water partition coefficient (Wildman–Crippen LogP) is 1.63. The van der Waals surface area contributed by atoms with Crippen LogP contribution in [0.3, 0.4) is 0 Å². The number of primary amides is 1. The summed E-state index contributed by atoms with van der Waals surface area (Å²) in [5.74, 6) is -1.11. The minimum absolute atomic E-state index is 0. The molecular formula is C14H21N3O2. The summed E-state index contributed by atoms with van der Waals surface area (Å²) in [7, 11) is 0. The highest BCUT2D eigenvalue weighted by Gasteiger charge is 2.34. The number of carbonyl (C=O) groups excluding carboxylic acids is 2. The molecule has 0 aromatic heterocycles. The summed E-state index contributed by atoms with van der Waals surface area (Å²) >= 11 is 0. The number of carbonyl (C=O) groups is 2. The Bertz CT molecular complexity index is 447. The second kappa shape index (κ2) is 6.33. The second-order valence-corrected chi connectivity index (χ2v) is 4.84. The number of likely N-dealkylation sites (tertiary alicyclic amines) is 1. The molecule has 104 valence electrons. The molecule has 5 nitrogen and oxygen atoms in total. The lowest BCUT2D eigenvalue weighted by Crippen LogP contribution is -2.47. The van der Waals surface area contributed by atoms with E-state index in [-0.39, 0.29) is 12.2 Å². The van der Waals surface area contributed by atoms with Crippen LogP contribution in [0.5, 0.6) is 0 Å². The van der Waals surface area contributed by atoms with Gasteiger partial charge in [-0.05, 0) is 24.3 Å². The minimum Gasteiger partial charge on any atom is -0.361 e. The van der Waals surface area contributed by atoms with Gasteiger partial charge in [0.05, 0.1) is 6.04 Å². The van der Waals surface area contributed by atoms with E-state index < -0.39 is 11.8 Å². The van der Waals surface area contributed by atoms with E-state index in [0.717, 1.165) is 18.4 Å². The predicted molar refractivity (Wildman–Crippen MR) is 73.5 cm³/mol. The van der Waals surface area contributed by atoms with Gasteiger partial charge in [-0.3, -0.25) is 9.59 Å². The average Bonchev–Trinajstić information content (AvgIpc) is 2.38. The van der Waals surface area contributed by atoms with Crippen molar-refractivity contribution in [2.75, 3.05) is 6.54 Å². The van der Waals surface area contributed by atoms with Crippen LogP contribution in [0.1, 0.15) is 31.4 Å². The number of nitrogens with zero attached hydrogens (tertiary/aromatic N) is 1. The van der Waals surface area contributed by atoms with Gasteiger partial charge in [0.1, 0.15) is 0 Å². The van der Waals surface area contributed by atoms with Crippen LogP contribution in [-0.2, 0) is 9.59 Å². The Morgan fingerprint density at radius 2 is 1.89 bits per heavy atom. The fourth-order valence-corrected chi connectivity index (χ4v) is 2.72. The highest BCUT2D eigenvalue weighted by Crippen LogP contribution is 2.35. The molecule has 2 unspecified atom stereocenters. The maximum atomic E-state index is 11.9. The van der Waals surface area contributed by atoms with E-state index in [0.29, 0.717) is 12.5 Å². The summed E-state index contributed by atoms with van der Waals surface area (Å²) in [6, 6.07) is 9.78. The van der Waals surface area contributed by atoms with E-state index in [1.165, 1.54) is 0 Å². The van der Waals surface area contributed by atoms with Crippen molar-refractivity contribution in [1.82, 2.24) is 11.1 Å². The Labute approximate surface area is 113 Å². The van der Waals surface area contributed by atoms with Crippen molar-refractivity contribution < 1.29 is 9.59 Å². The number of hydrogen-bond acceptors (Lipinski definition) is 3. The number of hydrogen-bond donors (Lipinski definition) is 2. The van der Waals surface area contributed by atoms with Gasteiger partial charge in [-0.2, -0.15) is 0 Å². The number of amides is 2. The van der Waals surface area contributed by atoms with Crippen molar-refractivity contribution in [3.05, 3.63) is 35.9 Å². The first-order chi connectivity index (χ1) is 8.61. The normalized spacial score (nSPS) is 22.5. The van der Waals surface area contributed by atoms with Gasteiger partial charge in [0, 0.05) is 6.54 Å². The number of piperidine rings is 1. The van der Waals surface area contributed by atoms with Crippen LogP contribution in [0, 0.1) is 5.92 Å². The largest absolute Gasteiger partial charge is 0.361 e. The third-order valence-electron chi connectivity index (χ3n) is 3.55. The van der Waals surface area contributed by atoms with Gasteiger partial charge in [0.2, 0.25) is 0 Å². The van der Waals surface area contributed by atoms with E-state index in [1.807, 2.05) is 30.3 Å². The summed E-state index contributed by atoms with van der Waals surface area (Å²) in [4.78, 5) is 24.6. The van der Waals surface area contributed by atoms with Gasteiger partial charge in [-0.1, -0.05) is 37.3 Å². The van der Waals surface area contributed by atoms with Gasteiger partial charge >= 0.3 is 11.8 Å².